The molecule has 98 valence electrons. The van der Waals surface area contributed by atoms with E-state index >= 15 is 0 Å². The van der Waals surface area contributed by atoms with E-state index < -0.39 is 5.41 Å². The molecule has 0 radical (unpaired) electrons. The van der Waals surface area contributed by atoms with Crippen LogP contribution in [-0.2, 0) is 4.79 Å². The Morgan fingerprint density at radius 2 is 2.00 bits per heavy atom. The molecular weight excluding hydrogens is 218 g/mol. The largest absolute Gasteiger partial charge is 0.409 e. The highest BCUT2D eigenvalue weighted by Crippen LogP contribution is 2.41. The minimum Gasteiger partial charge on any atom is -0.409 e. The van der Waals surface area contributed by atoms with Crippen molar-refractivity contribution in [3.8, 4) is 0 Å². The van der Waals surface area contributed by atoms with Gasteiger partial charge in [0.05, 0.1) is 0 Å². The molecule has 0 aliphatic heterocycles. The third-order valence-corrected chi connectivity index (χ3v) is 3.89. The molecule has 1 aliphatic rings. The van der Waals surface area contributed by atoms with Crippen LogP contribution in [0, 0.1) is 10.8 Å². The highest BCUT2D eigenvalue weighted by molar-refractivity contribution is 6.07. The molecule has 1 saturated carbocycles. The molecule has 1 aliphatic carbocycles. The van der Waals surface area contributed by atoms with E-state index in [0.29, 0.717) is 12.8 Å². The number of carbonyl (C=O) groups is 1. The van der Waals surface area contributed by atoms with Crippen molar-refractivity contribution in [1.82, 2.24) is 5.32 Å². The molecule has 1 unspecified atom stereocenters. The van der Waals surface area contributed by atoms with Crippen molar-refractivity contribution in [2.24, 2.45) is 21.7 Å². The number of oxime groups is 1. The number of amidine groups is 1. The second kappa shape index (κ2) is 4.55. The molecule has 1 fully saturated rings. The van der Waals surface area contributed by atoms with Gasteiger partial charge in [-0.2, -0.15) is 0 Å². The van der Waals surface area contributed by atoms with Gasteiger partial charge in [-0.25, -0.2) is 0 Å². The van der Waals surface area contributed by atoms with E-state index in [1.54, 1.807) is 0 Å². The zero-order chi connectivity index (χ0) is 13.3. The smallest absolute Gasteiger partial charge is 0.234 e. The summed E-state index contributed by atoms with van der Waals surface area (Å²) in [7, 11) is 0. The maximum atomic E-state index is 12.2. The molecule has 0 aromatic carbocycles. The summed E-state index contributed by atoms with van der Waals surface area (Å²) < 4.78 is 0. The monoisotopic (exact) mass is 241 g/mol. The van der Waals surface area contributed by atoms with Crippen LogP contribution in [0.15, 0.2) is 5.16 Å². The quantitative estimate of drug-likeness (QED) is 0.302. The Bertz CT molecular complexity index is 327. The summed E-state index contributed by atoms with van der Waals surface area (Å²) in [5, 5.41) is 14.7. The van der Waals surface area contributed by atoms with Crippen LogP contribution in [0.5, 0.6) is 0 Å². The lowest BCUT2D eigenvalue weighted by Gasteiger charge is -2.41. The van der Waals surface area contributed by atoms with Crippen molar-refractivity contribution >= 4 is 11.7 Å². The van der Waals surface area contributed by atoms with Crippen LogP contribution in [0.25, 0.3) is 0 Å². The van der Waals surface area contributed by atoms with E-state index in [9.17, 15) is 4.79 Å². The molecule has 5 nitrogen and oxygen atoms in total. The fourth-order valence-corrected chi connectivity index (χ4v) is 1.78. The molecular formula is C12H23N3O2. The Balaban J connectivity index is 2.76. The van der Waals surface area contributed by atoms with Gasteiger partial charge in [0, 0.05) is 6.04 Å². The first-order chi connectivity index (χ1) is 7.74. The van der Waals surface area contributed by atoms with E-state index in [0.717, 1.165) is 6.42 Å². The van der Waals surface area contributed by atoms with Crippen LogP contribution in [-0.4, -0.2) is 23.0 Å². The fraction of sp³-hybridized carbons (Fsp3) is 0.833. The summed E-state index contributed by atoms with van der Waals surface area (Å²) >= 11 is 0. The van der Waals surface area contributed by atoms with Crippen molar-refractivity contribution in [3.63, 3.8) is 0 Å². The lowest BCUT2D eigenvalue weighted by molar-refractivity contribution is -0.132. The van der Waals surface area contributed by atoms with Gasteiger partial charge in [-0.15, -0.1) is 0 Å². The number of nitrogens with one attached hydrogen (secondary N) is 1. The first-order valence-electron chi connectivity index (χ1n) is 6.03. The average Bonchev–Trinajstić information content (AvgIpc) is 2.13. The average molecular weight is 241 g/mol. The van der Waals surface area contributed by atoms with Crippen molar-refractivity contribution in [1.29, 1.82) is 0 Å². The van der Waals surface area contributed by atoms with Gasteiger partial charge in [0.25, 0.3) is 0 Å². The number of carbonyl (C=O) groups excluding carboxylic acids is 1. The Hall–Kier alpha value is -1.26. The van der Waals surface area contributed by atoms with Gasteiger partial charge in [0.15, 0.2) is 5.84 Å². The fourth-order valence-electron chi connectivity index (χ4n) is 1.78. The Kier molecular flexibility index (Phi) is 3.69. The van der Waals surface area contributed by atoms with Crippen molar-refractivity contribution in [3.05, 3.63) is 0 Å². The van der Waals surface area contributed by atoms with Gasteiger partial charge in [-0.05, 0) is 25.2 Å². The zero-order valence-corrected chi connectivity index (χ0v) is 11.1. The normalized spacial score (nSPS) is 21.5. The van der Waals surface area contributed by atoms with Gasteiger partial charge in [-0.3, -0.25) is 4.79 Å². The number of rotatable bonds is 3. The molecule has 0 spiro atoms. The molecule has 17 heavy (non-hydrogen) atoms. The molecule has 0 saturated heterocycles. The van der Waals surface area contributed by atoms with Crippen molar-refractivity contribution in [2.45, 2.75) is 53.0 Å². The van der Waals surface area contributed by atoms with E-state index in [4.69, 9.17) is 10.9 Å². The number of nitrogens with zero attached hydrogens (tertiary/aromatic N) is 1. The summed E-state index contributed by atoms with van der Waals surface area (Å²) in [6.07, 6.45) is 2.25. The van der Waals surface area contributed by atoms with Crippen LogP contribution < -0.4 is 11.1 Å². The molecule has 5 heteroatoms. The second-order valence-electron chi connectivity index (χ2n) is 5.98. The topological polar surface area (TPSA) is 87.7 Å². The second-order valence-corrected chi connectivity index (χ2v) is 5.98. The first kappa shape index (κ1) is 13.8. The third kappa shape index (κ3) is 2.53. The van der Waals surface area contributed by atoms with Crippen LogP contribution >= 0.6 is 0 Å². The van der Waals surface area contributed by atoms with Crippen LogP contribution in [0.1, 0.15) is 47.0 Å². The summed E-state index contributed by atoms with van der Waals surface area (Å²) in [6, 6.07) is 0.0407. The van der Waals surface area contributed by atoms with Crippen LogP contribution in [0.3, 0.4) is 0 Å². The Morgan fingerprint density at radius 1 is 1.47 bits per heavy atom. The van der Waals surface area contributed by atoms with Crippen LogP contribution in [0.2, 0.25) is 0 Å². The van der Waals surface area contributed by atoms with E-state index in [1.807, 2.05) is 6.92 Å². The molecule has 0 heterocycles. The third-order valence-electron chi connectivity index (χ3n) is 3.89. The van der Waals surface area contributed by atoms with Gasteiger partial charge in [0.2, 0.25) is 5.91 Å². The van der Waals surface area contributed by atoms with Crippen molar-refractivity contribution in [2.75, 3.05) is 0 Å². The molecule has 4 N–H and O–H groups in total. The van der Waals surface area contributed by atoms with Gasteiger partial charge in [0.1, 0.15) is 5.41 Å². The number of hydrogen-bond acceptors (Lipinski definition) is 3. The molecule has 1 atom stereocenters. The zero-order valence-electron chi connectivity index (χ0n) is 11.1. The molecule has 0 aromatic heterocycles. The van der Waals surface area contributed by atoms with E-state index in [2.05, 4.69) is 31.2 Å². The lowest BCUT2D eigenvalue weighted by atomic mass is 9.67. The summed E-state index contributed by atoms with van der Waals surface area (Å²) in [5.41, 5.74) is 4.85. The predicted molar refractivity (Wildman–Crippen MR) is 66.8 cm³/mol. The van der Waals surface area contributed by atoms with E-state index in [-0.39, 0.29) is 23.2 Å². The predicted octanol–water partition coefficient (Wildman–Crippen LogP) is 1.45. The number of hydrogen-bond donors (Lipinski definition) is 3. The van der Waals surface area contributed by atoms with Gasteiger partial charge >= 0.3 is 0 Å². The molecule has 0 aromatic rings. The standard InChI is InChI=1S/C12H23N3O2/c1-8(11(2,3)4)14-10(16)12(6-5-7-12)9(13)15-17/h8,17H,5-7H2,1-4H3,(H2,13,15)(H,14,16). The highest BCUT2D eigenvalue weighted by atomic mass is 16.4. The Labute approximate surface area is 102 Å². The SMILES string of the molecule is CC(NC(=O)C1(C(N)=NO)CCC1)C(C)(C)C. The minimum atomic E-state index is -0.783. The van der Waals surface area contributed by atoms with E-state index in [1.165, 1.54) is 0 Å². The lowest BCUT2D eigenvalue weighted by Crippen LogP contribution is -2.57. The van der Waals surface area contributed by atoms with Crippen molar-refractivity contribution < 1.29 is 10.0 Å². The van der Waals surface area contributed by atoms with Crippen LogP contribution in [0.4, 0.5) is 0 Å². The minimum absolute atomic E-state index is 0.00822. The highest BCUT2D eigenvalue weighted by Gasteiger charge is 2.49. The molecule has 1 rings (SSSR count). The van der Waals surface area contributed by atoms with Gasteiger partial charge in [-0.1, -0.05) is 32.3 Å². The summed E-state index contributed by atoms with van der Waals surface area (Å²) in [4.78, 5) is 12.2. The number of amides is 1. The molecule has 1 amide bonds. The summed E-state index contributed by atoms with van der Waals surface area (Å²) in [6.45, 7) is 8.16. The maximum absolute atomic E-state index is 12.2. The van der Waals surface area contributed by atoms with Gasteiger partial charge < -0.3 is 16.3 Å². The molecule has 0 bridgehead atoms. The maximum Gasteiger partial charge on any atom is 0.234 e. The Morgan fingerprint density at radius 3 is 2.29 bits per heavy atom. The first-order valence-corrected chi connectivity index (χ1v) is 6.03. The summed E-state index contributed by atoms with van der Waals surface area (Å²) in [5.74, 6) is -0.0937. The number of nitrogens with two attached hydrogens (primary N) is 1.